The summed E-state index contributed by atoms with van der Waals surface area (Å²) in [6, 6.07) is 12.8. The Hall–Kier alpha value is -3.15. The first kappa shape index (κ1) is 16.2. The highest BCUT2D eigenvalue weighted by Crippen LogP contribution is 2.22. The summed E-state index contributed by atoms with van der Waals surface area (Å²) in [7, 11) is 1.49. The molecule has 0 aliphatic carbocycles. The van der Waals surface area contributed by atoms with E-state index in [1.807, 2.05) is 0 Å². The van der Waals surface area contributed by atoms with Crippen LogP contribution >= 0.6 is 0 Å². The van der Waals surface area contributed by atoms with E-state index in [2.05, 4.69) is 5.32 Å². The quantitative estimate of drug-likeness (QED) is 0.653. The van der Waals surface area contributed by atoms with Crippen LogP contribution in [-0.4, -0.2) is 31.9 Å². The van der Waals surface area contributed by atoms with Gasteiger partial charge in [0, 0.05) is 5.56 Å². The lowest BCUT2D eigenvalue weighted by molar-refractivity contribution is -0.119. The van der Waals surface area contributed by atoms with Crippen LogP contribution in [0.5, 0.6) is 5.75 Å². The zero-order valence-corrected chi connectivity index (χ0v) is 12.4. The normalized spacial score (nSPS) is 9.78. The van der Waals surface area contributed by atoms with Crippen molar-refractivity contribution >= 4 is 23.9 Å². The highest BCUT2D eigenvalue weighted by molar-refractivity contribution is 5.96. The van der Waals surface area contributed by atoms with Crippen LogP contribution in [-0.2, 0) is 9.53 Å². The number of amides is 1. The standard InChI is InChI=1S/C17H15NO5/c1-22-15-5-3-2-4-14(15)18-16(20)11-23-17(21)13-8-6-12(10-19)7-9-13/h2-10H,11H2,1H3,(H,18,20). The largest absolute Gasteiger partial charge is 0.495 e. The van der Waals surface area contributed by atoms with Crippen molar-refractivity contribution in [3.05, 3.63) is 59.7 Å². The third kappa shape index (κ3) is 4.41. The Kier molecular flexibility index (Phi) is 5.46. The van der Waals surface area contributed by atoms with Crippen molar-refractivity contribution in [1.82, 2.24) is 0 Å². The molecule has 0 heterocycles. The summed E-state index contributed by atoms with van der Waals surface area (Å²) in [5.74, 6) is -0.610. The van der Waals surface area contributed by atoms with Gasteiger partial charge < -0.3 is 14.8 Å². The van der Waals surface area contributed by atoms with Crippen molar-refractivity contribution in [2.75, 3.05) is 19.0 Å². The molecule has 0 saturated carbocycles. The fraction of sp³-hybridized carbons (Fsp3) is 0.118. The van der Waals surface area contributed by atoms with Gasteiger partial charge in [0.2, 0.25) is 0 Å². The summed E-state index contributed by atoms with van der Waals surface area (Å²) in [5.41, 5.74) is 1.21. The molecule has 23 heavy (non-hydrogen) atoms. The highest BCUT2D eigenvalue weighted by atomic mass is 16.5. The zero-order valence-electron chi connectivity index (χ0n) is 12.4. The Balaban J connectivity index is 1.90. The van der Waals surface area contributed by atoms with Gasteiger partial charge in [0.05, 0.1) is 18.4 Å². The van der Waals surface area contributed by atoms with Gasteiger partial charge in [-0.1, -0.05) is 24.3 Å². The van der Waals surface area contributed by atoms with Gasteiger partial charge in [0.25, 0.3) is 5.91 Å². The molecule has 6 heteroatoms. The highest BCUT2D eigenvalue weighted by Gasteiger charge is 2.11. The number of para-hydroxylation sites is 2. The van der Waals surface area contributed by atoms with Crippen LogP contribution in [0.4, 0.5) is 5.69 Å². The molecule has 0 fully saturated rings. The molecule has 0 unspecified atom stereocenters. The first-order valence-corrected chi connectivity index (χ1v) is 6.79. The second-order valence-corrected chi connectivity index (χ2v) is 4.56. The maximum atomic E-state index is 11.8. The topological polar surface area (TPSA) is 81.7 Å². The van der Waals surface area contributed by atoms with E-state index in [1.54, 1.807) is 24.3 Å². The van der Waals surface area contributed by atoms with Gasteiger partial charge in [-0.3, -0.25) is 9.59 Å². The predicted molar refractivity (Wildman–Crippen MR) is 83.7 cm³/mol. The van der Waals surface area contributed by atoms with Crippen LogP contribution in [0, 0.1) is 0 Å². The van der Waals surface area contributed by atoms with E-state index < -0.39 is 18.5 Å². The summed E-state index contributed by atoms with van der Waals surface area (Å²) in [6.07, 6.45) is 0.676. The van der Waals surface area contributed by atoms with E-state index in [0.29, 0.717) is 23.3 Å². The monoisotopic (exact) mass is 313 g/mol. The third-order valence-electron chi connectivity index (χ3n) is 3.00. The van der Waals surface area contributed by atoms with Crippen LogP contribution in [0.2, 0.25) is 0 Å². The first-order chi connectivity index (χ1) is 11.1. The SMILES string of the molecule is COc1ccccc1NC(=O)COC(=O)c1ccc(C=O)cc1. The Bertz CT molecular complexity index is 709. The van der Waals surface area contributed by atoms with Gasteiger partial charge in [-0.25, -0.2) is 4.79 Å². The fourth-order valence-corrected chi connectivity index (χ4v) is 1.85. The lowest BCUT2D eigenvalue weighted by atomic mass is 10.1. The molecule has 0 saturated heterocycles. The number of anilines is 1. The van der Waals surface area contributed by atoms with E-state index in [0.717, 1.165) is 0 Å². The van der Waals surface area contributed by atoms with E-state index >= 15 is 0 Å². The molecule has 0 radical (unpaired) electrons. The van der Waals surface area contributed by atoms with Gasteiger partial charge in [0.15, 0.2) is 6.61 Å². The van der Waals surface area contributed by atoms with E-state index in [1.165, 1.54) is 31.4 Å². The molecular formula is C17H15NO5. The summed E-state index contributed by atoms with van der Waals surface area (Å²) < 4.78 is 10.0. The molecule has 2 aromatic carbocycles. The van der Waals surface area contributed by atoms with Crippen molar-refractivity contribution in [1.29, 1.82) is 0 Å². The van der Waals surface area contributed by atoms with Crippen molar-refractivity contribution in [2.24, 2.45) is 0 Å². The number of rotatable bonds is 6. The summed E-state index contributed by atoms with van der Waals surface area (Å²) in [5, 5.41) is 2.60. The number of hydrogen-bond donors (Lipinski definition) is 1. The molecule has 1 amide bonds. The average molecular weight is 313 g/mol. The molecule has 118 valence electrons. The number of benzene rings is 2. The molecule has 0 aromatic heterocycles. The number of methoxy groups -OCH3 is 1. The summed E-state index contributed by atoms with van der Waals surface area (Å²) >= 11 is 0. The lowest BCUT2D eigenvalue weighted by Crippen LogP contribution is -2.21. The minimum Gasteiger partial charge on any atom is -0.495 e. The minimum absolute atomic E-state index is 0.265. The molecule has 2 aromatic rings. The predicted octanol–water partition coefficient (Wildman–Crippen LogP) is 2.30. The number of aldehydes is 1. The smallest absolute Gasteiger partial charge is 0.338 e. The van der Waals surface area contributed by atoms with Crippen LogP contribution in [0.3, 0.4) is 0 Å². The molecular weight excluding hydrogens is 298 g/mol. The molecule has 0 spiro atoms. The maximum absolute atomic E-state index is 11.8. The Morgan fingerprint density at radius 2 is 1.78 bits per heavy atom. The lowest BCUT2D eigenvalue weighted by Gasteiger charge is -2.10. The van der Waals surface area contributed by atoms with Crippen molar-refractivity contribution < 1.29 is 23.9 Å². The molecule has 6 nitrogen and oxygen atoms in total. The minimum atomic E-state index is -0.641. The number of hydrogen-bond acceptors (Lipinski definition) is 5. The van der Waals surface area contributed by atoms with Crippen LogP contribution in [0.15, 0.2) is 48.5 Å². The molecule has 0 atom stereocenters. The van der Waals surface area contributed by atoms with Crippen LogP contribution in [0.25, 0.3) is 0 Å². The van der Waals surface area contributed by atoms with Crippen molar-refractivity contribution in [2.45, 2.75) is 0 Å². The van der Waals surface area contributed by atoms with E-state index in [9.17, 15) is 14.4 Å². The number of esters is 1. The number of carbonyl (C=O) groups excluding carboxylic acids is 3. The fourth-order valence-electron chi connectivity index (χ4n) is 1.85. The van der Waals surface area contributed by atoms with Gasteiger partial charge in [-0.2, -0.15) is 0 Å². The maximum Gasteiger partial charge on any atom is 0.338 e. The van der Waals surface area contributed by atoms with E-state index in [4.69, 9.17) is 9.47 Å². The van der Waals surface area contributed by atoms with Gasteiger partial charge in [0.1, 0.15) is 12.0 Å². The summed E-state index contributed by atoms with van der Waals surface area (Å²) in [4.78, 5) is 34.2. The molecule has 0 aliphatic rings. The first-order valence-electron chi connectivity index (χ1n) is 6.79. The Labute approximate surface area is 133 Å². The second-order valence-electron chi connectivity index (χ2n) is 4.56. The number of carbonyl (C=O) groups is 3. The molecule has 1 N–H and O–H groups in total. The van der Waals surface area contributed by atoms with Crippen LogP contribution in [0.1, 0.15) is 20.7 Å². The molecule has 0 aliphatic heterocycles. The number of nitrogens with one attached hydrogen (secondary N) is 1. The molecule has 0 bridgehead atoms. The van der Waals surface area contributed by atoms with Gasteiger partial charge in [-0.15, -0.1) is 0 Å². The van der Waals surface area contributed by atoms with Crippen molar-refractivity contribution in [3.8, 4) is 5.75 Å². The Morgan fingerprint density at radius 1 is 1.09 bits per heavy atom. The van der Waals surface area contributed by atoms with Gasteiger partial charge in [-0.05, 0) is 24.3 Å². The summed E-state index contributed by atoms with van der Waals surface area (Å²) in [6.45, 7) is -0.424. The van der Waals surface area contributed by atoms with Crippen LogP contribution < -0.4 is 10.1 Å². The zero-order chi connectivity index (χ0) is 16.7. The second kappa shape index (κ2) is 7.74. The van der Waals surface area contributed by atoms with Crippen molar-refractivity contribution in [3.63, 3.8) is 0 Å². The average Bonchev–Trinajstić information content (AvgIpc) is 2.60. The van der Waals surface area contributed by atoms with E-state index in [-0.39, 0.29) is 5.56 Å². The Morgan fingerprint density at radius 3 is 2.43 bits per heavy atom. The van der Waals surface area contributed by atoms with Gasteiger partial charge >= 0.3 is 5.97 Å². The number of ether oxygens (including phenoxy) is 2. The third-order valence-corrected chi connectivity index (χ3v) is 3.00. The molecule has 2 rings (SSSR count).